The van der Waals surface area contributed by atoms with Crippen molar-refractivity contribution >= 4 is 50.5 Å². The Balaban J connectivity index is 2.86. The van der Waals surface area contributed by atoms with E-state index >= 15 is 0 Å². The van der Waals surface area contributed by atoms with Crippen molar-refractivity contribution in [2.75, 3.05) is 16.4 Å². The fourth-order valence-electron chi connectivity index (χ4n) is 1.44. The first-order valence-corrected chi connectivity index (χ1v) is 8.70. The molecule has 0 aliphatic heterocycles. The minimum Gasteiger partial charge on any atom is -0.432 e. The molecule has 120 valence electrons. The van der Waals surface area contributed by atoms with Crippen LogP contribution in [0.5, 0.6) is 5.75 Å². The zero-order chi connectivity index (χ0) is 16.0. The van der Waals surface area contributed by atoms with E-state index in [2.05, 4.69) is 9.46 Å². The molecular formula is C11H12Cl3F2NO3S. The van der Waals surface area contributed by atoms with Crippen LogP contribution < -0.4 is 9.46 Å². The van der Waals surface area contributed by atoms with Gasteiger partial charge in [0.05, 0.1) is 21.5 Å². The van der Waals surface area contributed by atoms with Crippen molar-refractivity contribution in [3.8, 4) is 5.75 Å². The van der Waals surface area contributed by atoms with Crippen molar-refractivity contribution in [2.24, 2.45) is 0 Å². The van der Waals surface area contributed by atoms with E-state index < -0.39 is 22.4 Å². The standard InChI is InChI=1S/C11H12Cl3F2NO3S/c12-3-1-2-4-21(18,19)17-7-5-8(13)10(9(14)6-7)20-11(15)16/h5-6,11,17H,1-4H2. The number of ether oxygens (including phenoxy) is 1. The number of unbranched alkanes of at least 4 members (excludes halogenated alkanes) is 1. The van der Waals surface area contributed by atoms with Gasteiger partial charge in [-0.2, -0.15) is 8.78 Å². The van der Waals surface area contributed by atoms with Crippen LogP contribution in [0.3, 0.4) is 0 Å². The second kappa shape index (κ2) is 8.22. The predicted molar refractivity (Wildman–Crippen MR) is 80.5 cm³/mol. The van der Waals surface area contributed by atoms with Crippen molar-refractivity contribution in [3.05, 3.63) is 22.2 Å². The first-order valence-electron chi connectivity index (χ1n) is 5.75. The Morgan fingerprint density at radius 2 is 1.76 bits per heavy atom. The van der Waals surface area contributed by atoms with Crippen molar-refractivity contribution in [1.29, 1.82) is 0 Å². The van der Waals surface area contributed by atoms with Gasteiger partial charge in [-0.05, 0) is 25.0 Å². The van der Waals surface area contributed by atoms with E-state index in [9.17, 15) is 17.2 Å². The Bertz CT molecular complexity index is 561. The average molecular weight is 383 g/mol. The minimum absolute atomic E-state index is 0.0671. The molecule has 21 heavy (non-hydrogen) atoms. The summed E-state index contributed by atoms with van der Waals surface area (Å²) in [5, 5.41) is -0.442. The van der Waals surface area contributed by atoms with Crippen LogP contribution in [0.15, 0.2) is 12.1 Å². The number of anilines is 1. The molecule has 0 atom stereocenters. The highest BCUT2D eigenvalue weighted by molar-refractivity contribution is 7.92. The lowest BCUT2D eigenvalue weighted by molar-refractivity contribution is -0.0497. The molecule has 1 aromatic carbocycles. The fourth-order valence-corrected chi connectivity index (χ4v) is 3.37. The van der Waals surface area contributed by atoms with Crippen molar-refractivity contribution in [1.82, 2.24) is 0 Å². The summed E-state index contributed by atoms with van der Waals surface area (Å²) in [5.74, 6) is -0.157. The van der Waals surface area contributed by atoms with Crippen molar-refractivity contribution in [2.45, 2.75) is 19.5 Å². The summed E-state index contributed by atoms with van der Waals surface area (Å²) >= 11 is 16.9. The molecule has 0 aliphatic carbocycles. The number of sulfonamides is 1. The molecule has 0 saturated carbocycles. The van der Waals surface area contributed by atoms with E-state index in [0.717, 1.165) is 12.1 Å². The molecule has 0 radical (unpaired) electrons. The molecule has 0 aromatic heterocycles. The van der Waals surface area contributed by atoms with Gasteiger partial charge >= 0.3 is 6.61 Å². The molecule has 0 fully saturated rings. The molecular weight excluding hydrogens is 371 g/mol. The van der Waals surface area contributed by atoms with Gasteiger partial charge in [0.1, 0.15) is 0 Å². The fraction of sp³-hybridized carbons (Fsp3) is 0.455. The number of hydrogen-bond donors (Lipinski definition) is 1. The van der Waals surface area contributed by atoms with Crippen LogP contribution in [-0.2, 0) is 10.0 Å². The summed E-state index contributed by atoms with van der Waals surface area (Å²) in [4.78, 5) is 0. The molecule has 0 unspecified atom stereocenters. The van der Waals surface area contributed by atoms with Gasteiger partial charge in [-0.25, -0.2) is 8.42 Å². The SMILES string of the molecule is O=S(=O)(CCCCCl)Nc1cc(Cl)c(OC(F)F)c(Cl)c1. The van der Waals surface area contributed by atoms with Gasteiger partial charge in [0, 0.05) is 5.88 Å². The lowest BCUT2D eigenvalue weighted by Crippen LogP contribution is -2.17. The van der Waals surface area contributed by atoms with Gasteiger partial charge in [0.2, 0.25) is 10.0 Å². The highest BCUT2D eigenvalue weighted by Crippen LogP contribution is 2.37. The normalized spacial score (nSPS) is 11.7. The molecule has 0 heterocycles. The third-order valence-electron chi connectivity index (χ3n) is 2.28. The third kappa shape index (κ3) is 6.42. The van der Waals surface area contributed by atoms with Gasteiger partial charge in [0.15, 0.2) is 5.75 Å². The first-order chi connectivity index (χ1) is 9.75. The Hall–Kier alpha value is -0.500. The van der Waals surface area contributed by atoms with E-state index in [4.69, 9.17) is 34.8 Å². The Morgan fingerprint density at radius 3 is 2.24 bits per heavy atom. The molecule has 0 saturated heterocycles. The molecule has 10 heteroatoms. The quantitative estimate of drug-likeness (QED) is 0.537. The molecule has 1 N–H and O–H groups in total. The largest absolute Gasteiger partial charge is 0.432 e. The second-order valence-corrected chi connectivity index (χ2v) is 7.00. The maximum Gasteiger partial charge on any atom is 0.387 e. The van der Waals surface area contributed by atoms with Gasteiger partial charge in [-0.15, -0.1) is 11.6 Å². The zero-order valence-corrected chi connectivity index (χ0v) is 13.7. The second-order valence-electron chi connectivity index (χ2n) is 3.96. The van der Waals surface area contributed by atoms with Crippen LogP contribution in [-0.4, -0.2) is 26.7 Å². The van der Waals surface area contributed by atoms with E-state index in [1.54, 1.807) is 0 Å². The van der Waals surface area contributed by atoms with E-state index in [0.29, 0.717) is 18.7 Å². The van der Waals surface area contributed by atoms with Crippen LogP contribution in [0, 0.1) is 0 Å². The molecule has 1 rings (SSSR count). The van der Waals surface area contributed by atoms with Gasteiger partial charge in [-0.3, -0.25) is 4.72 Å². The number of benzene rings is 1. The van der Waals surface area contributed by atoms with Crippen LogP contribution in [0.25, 0.3) is 0 Å². The summed E-state index contributed by atoms with van der Waals surface area (Å²) in [6.45, 7) is -3.09. The monoisotopic (exact) mass is 381 g/mol. The number of halogens is 5. The smallest absolute Gasteiger partial charge is 0.387 e. The topological polar surface area (TPSA) is 55.4 Å². The van der Waals surface area contributed by atoms with Gasteiger partial charge < -0.3 is 4.74 Å². The number of alkyl halides is 3. The summed E-state index contributed by atoms with van der Waals surface area (Å²) in [7, 11) is -3.59. The maximum absolute atomic E-state index is 12.2. The molecule has 0 spiro atoms. The average Bonchev–Trinajstić information content (AvgIpc) is 2.33. The third-order valence-corrected chi connectivity index (χ3v) is 4.48. The Labute approximate surface area is 136 Å². The highest BCUT2D eigenvalue weighted by Gasteiger charge is 2.17. The minimum atomic E-state index is -3.59. The van der Waals surface area contributed by atoms with Crippen LogP contribution in [0.4, 0.5) is 14.5 Å². The number of nitrogens with one attached hydrogen (secondary N) is 1. The highest BCUT2D eigenvalue weighted by atomic mass is 35.5. The summed E-state index contributed by atoms with van der Waals surface area (Å²) in [6, 6.07) is 2.29. The lowest BCUT2D eigenvalue weighted by Gasteiger charge is -2.12. The molecule has 0 amide bonds. The molecule has 0 bridgehead atoms. The predicted octanol–water partition coefficient (Wildman–Crippen LogP) is 4.36. The lowest BCUT2D eigenvalue weighted by atomic mass is 10.3. The Kier molecular flexibility index (Phi) is 7.26. The van der Waals surface area contributed by atoms with Gasteiger partial charge in [0.25, 0.3) is 0 Å². The van der Waals surface area contributed by atoms with Crippen LogP contribution in [0.1, 0.15) is 12.8 Å². The summed E-state index contributed by atoms with van der Waals surface area (Å²) in [5.41, 5.74) is 0.0671. The molecule has 4 nitrogen and oxygen atoms in total. The summed E-state index contributed by atoms with van der Waals surface area (Å²) < 4.78 is 54.3. The number of rotatable bonds is 8. The van der Waals surface area contributed by atoms with Gasteiger partial charge in [-0.1, -0.05) is 23.2 Å². The van der Waals surface area contributed by atoms with Crippen molar-refractivity contribution < 1.29 is 21.9 Å². The van der Waals surface area contributed by atoms with Crippen LogP contribution in [0.2, 0.25) is 10.0 Å². The zero-order valence-electron chi connectivity index (χ0n) is 10.6. The summed E-state index contributed by atoms with van der Waals surface area (Å²) in [6.07, 6.45) is 0.956. The van der Waals surface area contributed by atoms with E-state index in [-0.39, 0.29) is 21.5 Å². The van der Waals surface area contributed by atoms with E-state index in [1.165, 1.54) is 0 Å². The Morgan fingerprint density at radius 1 is 1.19 bits per heavy atom. The molecule has 1 aromatic rings. The maximum atomic E-state index is 12.2. The molecule has 0 aliphatic rings. The van der Waals surface area contributed by atoms with Crippen LogP contribution >= 0.6 is 34.8 Å². The first kappa shape index (κ1) is 18.5. The van der Waals surface area contributed by atoms with Crippen molar-refractivity contribution in [3.63, 3.8) is 0 Å². The number of hydrogen-bond acceptors (Lipinski definition) is 3. The van der Waals surface area contributed by atoms with E-state index in [1.807, 2.05) is 0 Å².